The van der Waals surface area contributed by atoms with Crippen LogP contribution in [0, 0.1) is 11.3 Å². The Morgan fingerprint density at radius 1 is 1.00 bits per heavy atom. The van der Waals surface area contributed by atoms with Crippen molar-refractivity contribution in [2.24, 2.45) is 0 Å². The SMILES string of the molecule is COc1ccc(S(=O)(=O)n2c(=O)n(C(C(=O)N3CC[C@H](NC4CN(C)C4)C3)c3ccccc3)c3cc(C#N)ccc32)cc1. The molecule has 222 valence electrons. The van der Waals surface area contributed by atoms with Crippen molar-refractivity contribution < 1.29 is 17.9 Å². The lowest BCUT2D eigenvalue weighted by atomic mass is 10.0. The molecule has 1 aromatic heterocycles. The van der Waals surface area contributed by atoms with Gasteiger partial charge in [0.25, 0.3) is 15.9 Å². The van der Waals surface area contributed by atoms with E-state index in [1.54, 1.807) is 29.2 Å². The second-order valence-corrected chi connectivity index (χ2v) is 12.9. The molecule has 0 spiro atoms. The van der Waals surface area contributed by atoms with Gasteiger partial charge in [0.2, 0.25) is 0 Å². The molecule has 4 aromatic rings. The van der Waals surface area contributed by atoms with E-state index in [1.807, 2.05) is 6.07 Å². The molecule has 1 N–H and O–H groups in total. The first-order chi connectivity index (χ1) is 20.7. The summed E-state index contributed by atoms with van der Waals surface area (Å²) >= 11 is 0. The molecule has 1 amide bonds. The summed E-state index contributed by atoms with van der Waals surface area (Å²) in [5.41, 5.74) is 0.123. The summed E-state index contributed by atoms with van der Waals surface area (Å²) in [6.07, 6.45) is 0.772. The summed E-state index contributed by atoms with van der Waals surface area (Å²) < 4.78 is 35.0. The van der Waals surface area contributed by atoms with Gasteiger partial charge in [-0.1, -0.05) is 30.3 Å². The highest BCUT2D eigenvalue weighted by Crippen LogP contribution is 2.29. The van der Waals surface area contributed by atoms with Gasteiger partial charge in [-0.15, -0.1) is 0 Å². The van der Waals surface area contributed by atoms with Crippen LogP contribution in [0.3, 0.4) is 0 Å². The number of likely N-dealkylation sites (N-methyl/N-ethyl adjacent to an activating group) is 1. The van der Waals surface area contributed by atoms with E-state index in [2.05, 4.69) is 23.3 Å². The molecule has 0 saturated carbocycles. The standard InChI is InChI=1S/C31H32N6O5S/c1-34-18-24(19-34)33-23-14-15-35(20-23)30(38)29(22-6-4-3-5-7-22)36-28-16-21(17-32)8-13-27(28)37(31(36)39)43(40,41)26-11-9-25(42-2)10-12-26/h3-13,16,23-24,29,33H,14-15,18-20H2,1-2H3/t23-,29?/m0/s1. The molecule has 43 heavy (non-hydrogen) atoms. The van der Waals surface area contributed by atoms with Crippen LogP contribution >= 0.6 is 0 Å². The largest absolute Gasteiger partial charge is 0.497 e. The molecule has 0 radical (unpaired) electrons. The highest BCUT2D eigenvalue weighted by Gasteiger charge is 2.38. The highest BCUT2D eigenvalue weighted by molar-refractivity contribution is 7.90. The fourth-order valence-electron chi connectivity index (χ4n) is 6.04. The minimum Gasteiger partial charge on any atom is -0.497 e. The number of imidazole rings is 1. The summed E-state index contributed by atoms with van der Waals surface area (Å²) in [7, 11) is -0.862. The first-order valence-electron chi connectivity index (χ1n) is 14.1. The van der Waals surface area contributed by atoms with Gasteiger partial charge < -0.3 is 19.9 Å². The van der Waals surface area contributed by atoms with Crippen LogP contribution in [0.25, 0.3) is 11.0 Å². The van der Waals surface area contributed by atoms with E-state index < -0.39 is 21.8 Å². The fourth-order valence-corrected chi connectivity index (χ4v) is 7.44. The van der Waals surface area contributed by atoms with Crippen LogP contribution in [-0.2, 0) is 14.8 Å². The predicted molar refractivity (Wildman–Crippen MR) is 160 cm³/mol. The van der Waals surface area contributed by atoms with Gasteiger partial charge in [-0.05, 0) is 61.5 Å². The van der Waals surface area contributed by atoms with E-state index in [4.69, 9.17) is 4.74 Å². The number of benzene rings is 3. The number of hydrogen-bond donors (Lipinski definition) is 1. The number of hydrogen-bond acceptors (Lipinski definition) is 8. The number of aromatic nitrogens is 2. The minimum atomic E-state index is -4.40. The predicted octanol–water partition coefficient (Wildman–Crippen LogP) is 2.01. The number of carbonyl (C=O) groups is 1. The van der Waals surface area contributed by atoms with Gasteiger partial charge in [0.05, 0.1) is 34.7 Å². The van der Waals surface area contributed by atoms with Crippen molar-refractivity contribution in [1.82, 2.24) is 23.7 Å². The van der Waals surface area contributed by atoms with E-state index in [9.17, 15) is 23.3 Å². The Kier molecular flexibility index (Phi) is 7.56. The number of rotatable bonds is 8. The average molecular weight is 601 g/mol. The van der Waals surface area contributed by atoms with Crippen LogP contribution < -0.4 is 15.7 Å². The Morgan fingerprint density at radius 3 is 2.37 bits per heavy atom. The lowest BCUT2D eigenvalue weighted by Gasteiger charge is -2.38. The van der Waals surface area contributed by atoms with E-state index >= 15 is 0 Å². The average Bonchev–Trinajstić information content (AvgIpc) is 3.59. The van der Waals surface area contributed by atoms with Crippen LogP contribution in [0.2, 0.25) is 0 Å². The number of nitriles is 1. The number of carbonyl (C=O) groups excluding carboxylic acids is 1. The topological polar surface area (TPSA) is 130 Å². The number of nitrogens with one attached hydrogen (secondary N) is 1. The monoisotopic (exact) mass is 600 g/mol. The van der Waals surface area contributed by atoms with Crippen molar-refractivity contribution >= 4 is 27.0 Å². The van der Waals surface area contributed by atoms with Crippen molar-refractivity contribution in [3.63, 3.8) is 0 Å². The summed E-state index contributed by atoms with van der Waals surface area (Å²) in [4.78, 5) is 32.5. The maximum absolute atomic E-state index is 14.4. The van der Waals surface area contributed by atoms with Crippen molar-refractivity contribution in [3.8, 4) is 11.8 Å². The van der Waals surface area contributed by atoms with Gasteiger partial charge in [-0.25, -0.2) is 13.2 Å². The van der Waals surface area contributed by atoms with Crippen LogP contribution in [0.4, 0.5) is 0 Å². The zero-order chi connectivity index (χ0) is 30.3. The molecule has 6 rings (SSSR count). The number of methoxy groups -OCH3 is 1. The number of likely N-dealkylation sites (tertiary alicyclic amines) is 2. The van der Waals surface area contributed by atoms with Crippen molar-refractivity contribution in [1.29, 1.82) is 5.26 Å². The Bertz CT molecular complexity index is 1870. The second kappa shape index (κ2) is 11.3. The van der Waals surface area contributed by atoms with Gasteiger partial charge in [-0.2, -0.15) is 9.23 Å². The summed E-state index contributed by atoms with van der Waals surface area (Å²) in [5, 5.41) is 13.3. The number of amides is 1. The van der Waals surface area contributed by atoms with E-state index in [0.717, 1.165) is 23.5 Å². The third-order valence-corrected chi connectivity index (χ3v) is 9.90. The Balaban J connectivity index is 1.48. The van der Waals surface area contributed by atoms with Gasteiger partial charge >= 0.3 is 5.69 Å². The molecule has 2 atom stereocenters. The van der Waals surface area contributed by atoms with E-state index in [0.29, 0.717) is 30.4 Å². The van der Waals surface area contributed by atoms with E-state index in [1.165, 1.54) is 54.1 Å². The van der Waals surface area contributed by atoms with Crippen molar-refractivity contribution in [2.75, 3.05) is 40.3 Å². The number of ether oxygens (including phenoxy) is 1. The third kappa shape index (κ3) is 5.20. The molecule has 3 aromatic carbocycles. The first kappa shape index (κ1) is 28.7. The summed E-state index contributed by atoms with van der Waals surface area (Å²) in [6.45, 7) is 2.89. The zero-order valence-electron chi connectivity index (χ0n) is 23.9. The quantitative estimate of drug-likeness (QED) is 0.325. The number of nitrogens with zero attached hydrogens (tertiary/aromatic N) is 5. The first-order valence-corrected chi connectivity index (χ1v) is 15.5. The fraction of sp³-hybridized carbons (Fsp3) is 0.323. The van der Waals surface area contributed by atoms with Crippen LogP contribution in [0.15, 0.2) is 82.5 Å². The van der Waals surface area contributed by atoms with Crippen LogP contribution in [0.5, 0.6) is 5.75 Å². The molecular weight excluding hydrogens is 568 g/mol. The molecule has 1 unspecified atom stereocenters. The maximum atomic E-state index is 14.4. The lowest BCUT2D eigenvalue weighted by molar-refractivity contribution is -0.132. The Morgan fingerprint density at radius 2 is 1.72 bits per heavy atom. The zero-order valence-corrected chi connectivity index (χ0v) is 24.7. The molecular formula is C31H32N6O5S. The molecule has 0 aliphatic carbocycles. The van der Waals surface area contributed by atoms with Gasteiger partial charge in [0.1, 0.15) is 11.8 Å². The molecule has 2 fully saturated rings. The van der Waals surface area contributed by atoms with E-state index in [-0.39, 0.29) is 33.4 Å². The number of fused-ring (bicyclic) bond motifs is 1. The molecule has 11 nitrogen and oxygen atoms in total. The van der Waals surface area contributed by atoms with Crippen molar-refractivity contribution in [3.05, 3.63) is 94.4 Å². The molecule has 12 heteroatoms. The smallest absolute Gasteiger partial charge is 0.344 e. The molecule has 2 saturated heterocycles. The molecule has 3 heterocycles. The van der Waals surface area contributed by atoms with Crippen LogP contribution in [-0.4, -0.2) is 85.1 Å². The molecule has 0 bridgehead atoms. The molecule has 2 aliphatic rings. The van der Waals surface area contributed by atoms with Gasteiger partial charge in [-0.3, -0.25) is 9.36 Å². The van der Waals surface area contributed by atoms with Crippen LogP contribution in [0.1, 0.15) is 23.6 Å². The van der Waals surface area contributed by atoms with Gasteiger partial charge in [0, 0.05) is 38.3 Å². The molecule has 2 aliphatic heterocycles. The van der Waals surface area contributed by atoms with Crippen molar-refractivity contribution in [2.45, 2.75) is 29.4 Å². The minimum absolute atomic E-state index is 0.0728. The summed E-state index contributed by atoms with van der Waals surface area (Å²) in [5.74, 6) is 0.149. The summed E-state index contributed by atoms with van der Waals surface area (Å²) in [6, 6.07) is 20.4. The Hall–Kier alpha value is -4.44. The normalized spacial score (nSPS) is 18.3. The highest BCUT2D eigenvalue weighted by atomic mass is 32.2. The van der Waals surface area contributed by atoms with Gasteiger partial charge in [0.15, 0.2) is 0 Å². The third-order valence-electron chi connectivity index (χ3n) is 8.20. The second-order valence-electron chi connectivity index (χ2n) is 11.1. The Labute approximate surface area is 249 Å². The maximum Gasteiger partial charge on any atom is 0.344 e. The lowest BCUT2D eigenvalue weighted by Crippen LogP contribution is -2.59.